The molecule has 112 valence electrons. The molecule has 1 heterocycles. The first-order valence-corrected chi connectivity index (χ1v) is 7.97. The van der Waals surface area contributed by atoms with Crippen molar-refractivity contribution in [3.05, 3.63) is 47.5 Å². The van der Waals surface area contributed by atoms with E-state index in [0.717, 1.165) is 11.4 Å². The maximum atomic E-state index is 11.9. The number of hydrogen-bond donors (Lipinski definition) is 2. The molecular weight excluding hydrogens is 288 g/mol. The summed E-state index contributed by atoms with van der Waals surface area (Å²) < 4.78 is 26.2. The van der Waals surface area contributed by atoms with Crippen LogP contribution in [0.15, 0.2) is 35.4 Å². The number of aryl methyl sites for hydroxylation is 2. The van der Waals surface area contributed by atoms with E-state index in [0.29, 0.717) is 17.9 Å². The second-order valence-corrected chi connectivity index (χ2v) is 6.49. The molecule has 1 aromatic carbocycles. The Morgan fingerprint density at radius 3 is 2.62 bits per heavy atom. The topological polar surface area (TPSA) is 84.0 Å². The van der Waals surface area contributed by atoms with Crippen LogP contribution in [0.25, 0.3) is 0 Å². The fourth-order valence-corrected chi connectivity index (χ4v) is 2.90. The number of aromatic nitrogens is 2. The summed E-state index contributed by atoms with van der Waals surface area (Å²) in [5.74, 6) is 0.705. The first kappa shape index (κ1) is 15.4. The number of nitrogens with zero attached hydrogens (tertiary/aromatic N) is 2. The lowest BCUT2D eigenvalue weighted by Crippen LogP contribution is -2.19. The molecule has 0 atom stereocenters. The normalized spacial score (nSPS) is 11.4. The van der Waals surface area contributed by atoms with Gasteiger partial charge in [-0.25, -0.2) is 23.1 Å². The molecule has 0 amide bonds. The van der Waals surface area contributed by atoms with Crippen LogP contribution in [0.2, 0.25) is 0 Å². The summed E-state index contributed by atoms with van der Waals surface area (Å²) in [6, 6.07) is 7.06. The predicted molar refractivity (Wildman–Crippen MR) is 81.5 cm³/mol. The van der Waals surface area contributed by atoms with Crippen LogP contribution in [0, 0.1) is 13.8 Å². The van der Waals surface area contributed by atoms with Crippen LogP contribution in [0.4, 0.5) is 5.69 Å². The molecule has 0 radical (unpaired) electrons. The molecule has 2 aromatic rings. The van der Waals surface area contributed by atoms with Crippen molar-refractivity contribution in [1.29, 1.82) is 0 Å². The lowest BCUT2D eigenvalue weighted by molar-refractivity contribution is 0.587. The van der Waals surface area contributed by atoms with Crippen molar-refractivity contribution in [2.45, 2.75) is 25.3 Å². The third-order valence-electron chi connectivity index (χ3n) is 3.05. The molecule has 6 nitrogen and oxygen atoms in total. The van der Waals surface area contributed by atoms with Gasteiger partial charge in [-0.15, -0.1) is 0 Å². The Balaban J connectivity index is 2.20. The van der Waals surface area contributed by atoms with Gasteiger partial charge in [0.15, 0.2) is 0 Å². The third-order valence-corrected chi connectivity index (χ3v) is 4.61. The van der Waals surface area contributed by atoms with Gasteiger partial charge in [-0.2, -0.15) is 0 Å². The monoisotopic (exact) mass is 306 g/mol. The van der Waals surface area contributed by atoms with Crippen molar-refractivity contribution in [2.24, 2.45) is 0 Å². The van der Waals surface area contributed by atoms with Crippen LogP contribution in [0.3, 0.4) is 0 Å². The predicted octanol–water partition coefficient (Wildman–Crippen LogP) is 1.61. The molecule has 0 spiro atoms. The van der Waals surface area contributed by atoms with E-state index in [1.54, 1.807) is 25.3 Å². The van der Waals surface area contributed by atoms with Gasteiger partial charge < -0.3 is 5.32 Å². The van der Waals surface area contributed by atoms with Crippen LogP contribution in [0.5, 0.6) is 0 Å². The Morgan fingerprint density at radius 2 is 1.95 bits per heavy atom. The second-order valence-electron chi connectivity index (χ2n) is 4.64. The van der Waals surface area contributed by atoms with E-state index in [1.807, 2.05) is 19.1 Å². The molecule has 0 saturated carbocycles. The molecule has 0 bridgehead atoms. The van der Waals surface area contributed by atoms with Crippen molar-refractivity contribution in [1.82, 2.24) is 14.7 Å². The average Bonchev–Trinajstić information content (AvgIpc) is 2.46. The summed E-state index contributed by atoms with van der Waals surface area (Å²) in [7, 11) is -2.06. The quantitative estimate of drug-likeness (QED) is 0.877. The molecule has 2 rings (SSSR count). The Bertz CT molecular complexity index is 744. The van der Waals surface area contributed by atoms with Gasteiger partial charge in [-0.3, -0.25) is 0 Å². The highest BCUT2D eigenvalue weighted by molar-refractivity contribution is 7.89. The molecule has 0 aliphatic rings. The molecule has 0 aliphatic carbocycles. The summed E-state index contributed by atoms with van der Waals surface area (Å²) in [6.07, 6.45) is 1.70. The van der Waals surface area contributed by atoms with Gasteiger partial charge in [-0.05, 0) is 44.7 Å². The van der Waals surface area contributed by atoms with E-state index < -0.39 is 10.0 Å². The lowest BCUT2D eigenvalue weighted by atomic mass is 10.2. The standard InChI is InChI=1S/C14H18N4O2S/c1-10-4-5-12(8-14(10)21(19,20)15-3)17-9-13-6-7-16-11(2)18-13/h4-8,15,17H,9H2,1-3H3. The van der Waals surface area contributed by atoms with E-state index in [-0.39, 0.29) is 4.90 Å². The Hall–Kier alpha value is -1.99. The highest BCUT2D eigenvalue weighted by Gasteiger charge is 2.14. The molecule has 0 fully saturated rings. The van der Waals surface area contributed by atoms with Crippen molar-refractivity contribution in [3.8, 4) is 0 Å². The van der Waals surface area contributed by atoms with E-state index in [2.05, 4.69) is 20.0 Å². The zero-order valence-electron chi connectivity index (χ0n) is 12.2. The smallest absolute Gasteiger partial charge is 0.240 e. The number of anilines is 1. The van der Waals surface area contributed by atoms with Gasteiger partial charge in [-0.1, -0.05) is 6.07 Å². The average molecular weight is 306 g/mol. The molecule has 7 heteroatoms. The number of nitrogens with one attached hydrogen (secondary N) is 2. The molecule has 2 N–H and O–H groups in total. The third kappa shape index (κ3) is 3.77. The minimum Gasteiger partial charge on any atom is -0.379 e. The highest BCUT2D eigenvalue weighted by atomic mass is 32.2. The summed E-state index contributed by atoms with van der Waals surface area (Å²) >= 11 is 0. The molecule has 21 heavy (non-hydrogen) atoms. The van der Waals surface area contributed by atoms with Gasteiger partial charge in [0.2, 0.25) is 10.0 Å². The van der Waals surface area contributed by atoms with E-state index in [1.165, 1.54) is 7.05 Å². The Labute approximate surface area is 124 Å². The van der Waals surface area contributed by atoms with Crippen LogP contribution < -0.4 is 10.0 Å². The van der Waals surface area contributed by atoms with Gasteiger partial charge in [0.25, 0.3) is 0 Å². The number of rotatable bonds is 5. The largest absolute Gasteiger partial charge is 0.379 e. The minimum atomic E-state index is -3.46. The van der Waals surface area contributed by atoms with Crippen molar-refractivity contribution >= 4 is 15.7 Å². The number of sulfonamides is 1. The SMILES string of the molecule is CNS(=O)(=O)c1cc(NCc2ccnc(C)n2)ccc1C. The van der Waals surface area contributed by atoms with Gasteiger partial charge in [0.1, 0.15) is 5.82 Å². The van der Waals surface area contributed by atoms with Gasteiger partial charge >= 0.3 is 0 Å². The molecule has 1 aromatic heterocycles. The maximum Gasteiger partial charge on any atom is 0.240 e. The van der Waals surface area contributed by atoms with Crippen LogP contribution in [-0.2, 0) is 16.6 Å². The fraction of sp³-hybridized carbons (Fsp3) is 0.286. The first-order valence-electron chi connectivity index (χ1n) is 6.49. The highest BCUT2D eigenvalue weighted by Crippen LogP contribution is 2.20. The van der Waals surface area contributed by atoms with E-state index >= 15 is 0 Å². The van der Waals surface area contributed by atoms with Crippen molar-refractivity contribution in [3.63, 3.8) is 0 Å². The van der Waals surface area contributed by atoms with Crippen LogP contribution in [0.1, 0.15) is 17.1 Å². The van der Waals surface area contributed by atoms with Crippen molar-refractivity contribution in [2.75, 3.05) is 12.4 Å². The molecule has 0 unspecified atom stereocenters. The summed E-state index contributed by atoms with van der Waals surface area (Å²) in [5, 5.41) is 3.17. The van der Waals surface area contributed by atoms with Gasteiger partial charge in [0.05, 0.1) is 17.1 Å². The fourth-order valence-electron chi connectivity index (χ4n) is 1.91. The minimum absolute atomic E-state index is 0.272. The summed E-state index contributed by atoms with van der Waals surface area (Å²) in [4.78, 5) is 8.60. The Morgan fingerprint density at radius 1 is 1.19 bits per heavy atom. The van der Waals surface area contributed by atoms with E-state index in [9.17, 15) is 8.42 Å². The first-order chi connectivity index (χ1) is 9.92. The number of benzene rings is 1. The zero-order valence-corrected chi connectivity index (χ0v) is 13.0. The summed E-state index contributed by atoms with van der Waals surface area (Å²) in [6.45, 7) is 4.10. The van der Waals surface area contributed by atoms with Gasteiger partial charge in [0, 0.05) is 11.9 Å². The Kier molecular flexibility index (Phi) is 4.54. The molecule has 0 saturated heterocycles. The lowest BCUT2D eigenvalue weighted by Gasteiger charge is -2.11. The van der Waals surface area contributed by atoms with E-state index in [4.69, 9.17) is 0 Å². The molecule has 0 aliphatic heterocycles. The van der Waals surface area contributed by atoms with Crippen molar-refractivity contribution < 1.29 is 8.42 Å². The summed E-state index contributed by atoms with van der Waals surface area (Å²) in [5.41, 5.74) is 2.28. The van der Waals surface area contributed by atoms with Crippen LogP contribution >= 0.6 is 0 Å². The second kappa shape index (κ2) is 6.19. The zero-order chi connectivity index (χ0) is 15.5. The van der Waals surface area contributed by atoms with Crippen LogP contribution in [-0.4, -0.2) is 25.4 Å². The number of hydrogen-bond acceptors (Lipinski definition) is 5. The molecular formula is C14H18N4O2S. The maximum absolute atomic E-state index is 11.9.